The Bertz CT molecular complexity index is 955. The van der Waals surface area contributed by atoms with E-state index in [-0.39, 0.29) is 0 Å². The van der Waals surface area contributed by atoms with Gasteiger partial charge < -0.3 is 14.2 Å². The molecule has 0 fully saturated rings. The van der Waals surface area contributed by atoms with Crippen LogP contribution in [0.4, 0.5) is 0 Å². The normalized spacial score (nSPS) is 10.8. The summed E-state index contributed by atoms with van der Waals surface area (Å²) >= 11 is 3.44. The molecule has 3 aromatic rings. The van der Waals surface area contributed by atoms with E-state index in [0.29, 0.717) is 23.9 Å². The highest BCUT2D eigenvalue weighted by Gasteiger charge is 2.22. The summed E-state index contributed by atoms with van der Waals surface area (Å²) in [5.41, 5.74) is 3.21. The second kappa shape index (κ2) is 11.8. The van der Waals surface area contributed by atoms with Gasteiger partial charge in [0, 0.05) is 10.0 Å². The van der Waals surface area contributed by atoms with Crippen LogP contribution in [-0.4, -0.2) is 25.0 Å². The third-order valence-corrected chi connectivity index (χ3v) is 4.49. The Balaban J connectivity index is 1.72. The lowest BCUT2D eigenvalue weighted by atomic mass is 10.2. The number of para-hydroxylation sites is 2. The molecule has 6 nitrogen and oxygen atoms in total. The highest BCUT2D eigenvalue weighted by atomic mass is 79.9. The molecule has 0 saturated carbocycles. The van der Waals surface area contributed by atoms with E-state index in [4.69, 9.17) is 14.2 Å². The van der Waals surface area contributed by atoms with Gasteiger partial charge in [0.05, 0.1) is 12.8 Å². The SMILES string of the molecule is CCCOc1ccc(Br)cc1/C=N\NC(=O)C(Oc1ccccc1)Oc1ccccc1. The molecule has 1 N–H and O–H groups in total. The van der Waals surface area contributed by atoms with Gasteiger partial charge in [-0.15, -0.1) is 0 Å². The summed E-state index contributed by atoms with van der Waals surface area (Å²) in [5, 5.41) is 4.07. The minimum absolute atomic E-state index is 0.504. The van der Waals surface area contributed by atoms with Gasteiger partial charge in [-0.25, -0.2) is 5.43 Å². The number of nitrogens with zero attached hydrogens (tertiary/aromatic N) is 1. The molecule has 3 rings (SSSR count). The zero-order valence-electron chi connectivity index (χ0n) is 17.0. The molecule has 0 atom stereocenters. The van der Waals surface area contributed by atoms with Crippen molar-refractivity contribution in [2.24, 2.45) is 5.10 Å². The second-order valence-electron chi connectivity index (χ2n) is 6.46. The molecule has 0 bridgehead atoms. The van der Waals surface area contributed by atoms with Crippen molar-refractivity contribution < 1.29 is 19.0 Å². The number of halogens is 1. The van der Waals surface area contributed by atoms with Gasteiger partial charge in [-0.3, -0.25) is 4.79 Å². The first-order chi connectivity index (χ1) is 15.2. The van der Waals surface area contributed by atoms with E-state index < -0.39 is 12.2 Å². The Morgan fingerprint density at radius 2 is 1.61 bits per heavy atom. The first kappa shape index (κ1) is 22.4. The van der Waals surface area contributed by atoms with Gasteiger partial charge in [0.15, 0.2) is 0 Å². The van der Waals surface area contributed by atoms with E-state index in [1.54, 1.807) is 24.3 Å². The molecule has 160 valence electrons. The number of carbonyl (C=O) groups is 1. The number of hydrazone groups is 1. The number of amides is 1. The highest BCUT2D eigenvalue weighted by molar-refractivity contribution is 9.10. The molecule has 0 radical (unpaired) electrons. The average molecular weight is 483 g/mol. The van der Waals surface area contributed by atoms with Crippen LogP contribution in [-0.2, 0) is 4.79 Å². The lowest BCUT2D eigenvalue weighted by Gasteiger charge is -2.18. The fraction of sp³-hybridized carbons (Fsp3) is 0.167. The first-order valence-corrected chi connectivity index (χ1v) is 10.6. The Kier molecular flexibility index (Phi) is 8.48. The van der Waals surface area contributed by atoms with Crippen LogP contribution in [0.15, 0.2) is 88.4 Å². The molecule has 0 spiro atoms. The lowest BCUT2D eigenvalue weighted by Crippen LogP contribution is -2.40. The van der Waals surface area contributed by atoms with Crippen LogP contribution < -0.4 is 19.6 Å². The average Bonchev–Trinajstić information content (AvgIpc) is 2.79. The number of ether oxygens (including phenoxy) is 3. The minimum atomic E-state index is -1.22. The maximum Gasteiger partial charge on any atom is 0.323 e. The van der Waals surface area contributed by atoms with Crippen LogP contribution in [0.1, 0.15) is 18.9 Å². The smallest absolute Gasteiger partial charge is 0.323 e. The summed E-state index contributed by atoms with van der Waals surface area (Å²) in [6.07, 6.45) is 1.19. The van der Waals surface area contributed by atoms with Crippen molar-refractivity contribution in [3.05, 3.63) is 88.9 Å². The fourth-order valence-electron chi connectivity index (χ4n) is 2.56. The van der Waals surface area contributed by atoms with Gasteiger partial charge in [0.1, 0.15) is 17.2 Å². The molecular weight excluding hydrogens is 460 g/mol. The number of nitrogens with one attached hydrogen (secondary N) is 1. The predicted molar refractivity (Wildman–Crippen MR) is 124 cm³/mol. The maximum atomic E-state index is 12.8. The monoisotopic (exact) mass is 482 g/mol. The van der Waals surface area contributed by atoms with Crippen molar-refractivity contribution in [1.29, 1.82) is 0 Å². The summed E-state index contributed by atoms with van der Waals surface area (Å²) in [7, 11) is 0. The molecule has 31 heavy (non-hydrogen) atoms. The molecule has 0 saturated heterocycles. The van der Waals surface area contributed by atoms with Crippen LogP contribution in [0.2, 0.25) is 0 Å². The number of rotatable bonds is 10. The third kappa shape index (κ3) is 7.15. The van der Waals surface area contributed by atoms with Crippen LogP contribution in [0.3, 0.4) is 0 Å². The quantitative estimate of drug-likeness (QED) is 0.245. The number of hydrogen-bond acceptors (Lipinski definition) is 5. The van der Waals surface area contributed by atoms with Crippen molar-refractivity contribution in [3.8, 4) is 17.2 Å². The molecule has 3 aromatic carbocycles. The number of benzene rings is 3. The van der Waals surface area contributed by atoms with Gasteiger partial charge in [0.2, 0.25) is 0 Å². The van der Waals surface area contributed by atoms with Gasteiger partial charge in [-0.05, 0) is 48.9 Å². The third-order valence-electron chi connectivity index (χ3n) is 4.00. The van der Waals surface area contributed by atoms with Gasteiger partial charge in [-0.1, -0.05) is 59.3 Å². The zero-order chi connectivity index (χ0) is 21.9. The van der Waals surface area contributed by atoms with Crippen LogP contribution >= 0.6 is 15.9 Å². The molecule has 0 aliphatic carbocycles. The van der Waals surface area contributed by atoms with E-state index in [0.717, 1.165) is 16.5 Å². The molecule has 0 aromatic heterocycles. The van der Waals surface area contributed by atoms with Gasteiger partial charge >= 0.3 is 12.2 Å². The van der Waals surface area contributed by atoms with E-state index in [2.05, 4.69) is 26.5 Å². The van der Waals surface area contributed by atoms with Crippen molar-refractivity contribution >= 4 is 28.1 Å². The molecular formula is C24H23BrN2O4. The Morgan fingerprint density at radius 3 is 2.19 bits per heavy atom. The molecule has 1 amide bonds. The number of carbonyl (C=O) groups excluding carboxylic acids is 1. The van der Waals surface area contributed by atoms with Gasteiger partial charge in [0.25, 0.3) is 0 Å². The topological polar surface area (TPSA) is 69.2 Å². The minimum Gasteiger partial charge on any atom is -0.493 e. The van der Waals surface area contributed by atoms with Crippen molar-refractivity contribution in [1.82, 2.24) is 5.43 Å². The van der Waals surface area contributed by atoms with Crippen molar-refractivity contribution in [2.75, 3.05) is 6.61 Å². The van der Waals surface area contributed by atoms with Crippen LogP contribution in [0, 0.1) is 0 Å². The van der Waals surface area contributed by atoms with E-state index in [9.17, 15) is 4.79 Å². The summed E-state index contributed by atoms with van der Waals surface area (Å²) in [5.74, 6) is 1.14. The first-order valence-electron chi connectivity index (χ1n) is 9.84. The molecule has 7 heteroatoms. The standard InChI is InChI=1S/C24H23BrN2O4/c1-2-15-29-22-14-13-19(25)16-18(22)17-26-27-23(28)24(30-20-9-5-3-6-10-20)31-21-11-7-4-8-12-21/h3-14,16-17,24H,2,15H2,1H3,(H,27,28)/b26-17-. The number of hydrogen-bond donors (Lipinski definition) is 1. The maximum absolute atomic E-state index is 12.8. The van der Waals surface area contributed by atoms with Gasteiger partial charge in [-0.2, -0.15) is 5.10 Å². The van der Waals surface area contributed by atoms with E-state index >= 15 is 0 Å². The zero-order valence-corrected chi connectivity index (χ0v) is 18.6. The fourth-order valence-corrected chi connectivity index (χ4v) is 2.94. The van der Waals surface area contributed by atoms with Crippen molar-refractivity contribution in [3.63, 3.8) is 0 Å². The lowest BCUT2D eigenvalue weighted by molar-refractivity contribution is -0.140. The van der Waals surface area contributed by atoms with E-state index in [1.807, 2.05) is 61.5 Å². The highest BCUT2D eigenvalue weighted by Crippen LogP contribution is 2.22. The Morgan fingerprint density at radius 1 is 1.00 bits per heavy atom. The predicted octanol–water partition coefficient (Wildman–Crippen LogP) is 5.17. The second-order valence-corrected chi connectivity index (χ2v) is 7.37. The summed E-state index contributed by atoms with van der Waals surface area (Å²) in [6, 6.07) is 23.6. The molecule has 0 aliphatic rings. The van der Waals surface area contributed by atoms with Crippen LogP contribution in [0.5, 0.6) is 17.2 Å². The summed E-state index contributed by atoms with van der Waals surface area (Å²) in [6.45, 7) is 2.62. The Labute approximate surface area is 190 Å². The molecule has 0 heterocycles. The Hall–Kier alpha value is -3.32. The summed E-state index contributed by atoms with van der Waals surface area (Å²) < 4.78 is 18.1. The molecule has 0 aliphatic heterocycles. The van der Waals surface area contributed by atoms with Crippen molar-refractivity contribution in [2.45, 2.75) is 19.6 Å². The van der Waals surface area contributed by atoms with Crippen LogP contribution in [0.25, 0.3) is 0 Å². The van der Waals surface area contributed by atoms with E-state index in [1.165, 1.54) is 6.21 Å². The molecule has 0 unspecified atom stereocenters. The largest absolute Gasteiger partial charge is 0.493 e. The summed E-state index contributed by atoms with van der Waals surface area (Å²) in [4.78, 5) is 12.8.